The summed E-state index contributed by atoms with van der Waals surface area (Å²) < 4.78 is 11.1. The van der Waals surface area contributed by atoms with Gasteiger partial charge in [0.25, 0.3) is 0 Å². The molecule has 198 valence electrons. The number of nitrogens with zero attached hydrogens (tertiary/aromatic N) is 1. The number of hydrogen-bond donors (Lipinski definition) is 1. The summed E-state index contributed by atoms with van der Waals surface area (Å²) in [5.74, 6) is -1.45. The van der Waals surface area contributed by atoms with Crippen molar-refractivity contribution >= 4 is 11.9 Å². The van der Waals surface area contributed by atoms with Gasteiger partial charge in [-0.05, 0) is 52.6 Å². The highest BCUT2D eigenvalue weighted by Gasteiger charge is 2.16. The number of carbonyl (C=O) groups excluding carboxylic acids is 1. The van der Waals surface area contributed by atoms with Crippen LogP contribution in [0.15, 0.2) is 24.3 Å². The van der Waals surface area contributed by atoms with Crippen LogP contribution >= 0.6 is 0 Å². The maximum absolute atomic E-state index is 11.8. The molecular weight excluding hydrogens is 430 g/mol. The minimum Gasteiger partial charge on any atom is -0.481 e. The van der Waals surface area contributed by atoms with E-state index in [1.165, 1.54) is 64.2 Å². The average Bonchev–Trinajstić information content (AvgIpc) is 2.78. The molecule has 0 aliphatic carbocycles. The lowest BCUT2D eigenvalue weighted by Crippen LogP contribution is -2.31. The number of allylic oxidation sites excluding steroid dienone is 4. The molecule has 0 saturated heterocycles. The van der Waals surface area contributed by atoms with Crippen molar-refractivity contribution in [1.29, 1.82) is 0 Å². The minimum absolute atomic E-state index is 0.0903. The normalized spacial score (nSPS) is 12.7. The highest BCUT2D eigenvalue weighted by atomic mass is 16.5. The third-order valence-corrected chi connectivity index (χ3v) is 5.48. The molecule has 34 heavy (non-hydrogen) atoms. The summed E-state index contributed by atoms with van der Waals surface area (Å²) in [6.07, 6.45) is 24.0. The summed E-state index contributed by atoms with van der Waals surface area (Å²) in [4.78, 5) is 24.3. The van der Waals surface area contributed by atoms with Crippen molar-refractivity contribution in [3.63, 3.8) is 0 Å². The molecule has 0 fully saturated rings. The van der Waals surface area contributed by atoms with Crippen LogP contribution in [0.2, 0.25) is 0 Å². The predicted octanol–water partition coefficient (Wildman–Crippen LogP) is 6.54. The van der Waals surface area contributed by atoms with Crippen LogP contribution < -0.4 is 0 Å². The molecule has 0 rings (SSSR count). The molecule has 1 N–H and O–H groups in total. The lowest BCUT2D eigenvalue weighted by atomic mass is 10.1. The Hall–Kier alpha value is -1.66. The SMILES string of the molecule is CCCCCC=CCC=CCCCCCCCCOCCC(CN(C)C)OC(=O)CCC(=O)O. The summed E-state index contributed by atoms with van der Waals surface area (Å²) in [6.45, 7) is 4.12. The molecule has 0 saturated carbocycles. The molecule has 0 aliphatic rings. The van der Waals surface area contributed by atoms with Crippen molar-refractivity contribution in [2.24, 2.45) is 0 Å². The molecule has 0 bridgehead atoms. The average molecular weight is 482 g/mol. The number of carboxylic acids is 1. The van der Waals surface area contributed by atoms with Crippen LogP contribution in [0, 0.1) is 0 Å². The first-order chi connectivity index (χ1) is 16.5. The van der Waals surface area contributed by atoms with E-state index in [-0.39, 0.29) is 18.9 Å². The summed E-state index contributed by atoms with van der Waals surface area (Å²) in [7, 11) is 3.84. The zero-order valence-corrected chi connectivity index (χ0v) is 22.1. The topological polar surface area (TPSA) is 76.1 Å². The van der Waals surface area contributed by atoms with E-state index in [1.54, 1.807) is 0 Å². The first-order valence-corrected chi connectivity index (χ1v) is 13.4. The Morgan fingerprint density at radius 1 is 0.824 bits per heavy atom. The van der Waals surface area contributed by atoms with Crippen LogP contribution in [0.4, 0.5) is 0 Å². The number of rotatable bonds is 24. The van der Waals surface area contributed by atoms with Crippen molar-refractivity contribution in [3.05, 3.63) is 24.3 Å². The van der Waals surface area contributed by atoms with Crippen LogP contribution in [0.1, 0.15) is 103 Å². The van der Waals surface area contributed by atoms with E-state index < -0.39 is 11.9 Å². The van der Waals surface area contributed by atoms with Gasteiger partial charge in [0.05, 0.1) is 19.4 Å². The molecule has 0 spiro atoms. The van der Waals surface area contributed by atoms with Crippen LogP contribution in [0.5, 0.6) is 0 Å². The molecule has 0 aliphatic heterocycles. The van der Waals surface area contributed by atoms with Crippen molar-refractivity contribution in [2.45, 2.75) is 109 Å². The number of aliphatic carboxylic acids is 1. The van der Waals surface area contributed by atoms with Gasteiger partial charge in [0.2, 0.25) is 0 Å². The van der Waals surface area contributed by atoms with Crippen molar-refractivity contribution in [1.82, 2.24) is 4.90 Å². The number of ether oxygens (including phenoxy) is 2. The molecule has 1 unspecified atom stereocenters. The van der Waals surface area contributed by atoms with Gasteiger partial charge in [-0.3, -0.25) is 9.59 Å². The Labute approximate surface area is 208 Å². The van der Waals surface area contributed by atoms with Gasteiger partial charge in [0, 0.05) is 19.6 Å². The Morgan fingerprint density at radius 3 is 2.06 bits per heavy atom. The number of hydrogen-bond acceptors (Lipinski definition) is 5. The third-order valence-electron chi connectivity index (χ3n) is 5.48. The Morgan fingerprint density at radius 2 is 1.44 bits per heavy atom. The summed E-state index contributed by atoms with van der Waals surface area (Å²) >= 11 is 0. The second-order valence-electron chi connectivity index (χ2n) is 9.25. The molecule has 0 amide bonds. The first-order valence-electron chi connectivity index (χ1n) is 13.4. The van der Waals surface area contributed by atoms with E-state index in [9.17, 15) is 9.59 Å². The zero-order chi connectivity index (χ0) is 25.3. The van der Waals surface area contributed by atoms with Gasteiger partial charge >= 0.3 is 11.9 Å². The zero-order valence-electron chi connectivity index (χ0n) is 22.1. The van der Waals surface area contributed by atoms with Crippen LogP contribution in [0.3, 0.4) is 0 Å². The van der Waals surface area contributed by atoms with E-state index in [4.69, 9.17) is 14.6 Å². The number of unbranched alkanes of at least 4 members (excludes halogenated alkanes) is 9. The van der Waals surface area contributed by atoms with Gasteiger partial charge in [-0.1, -0.05) is 69.8 Å². The maximum Gasteiger partial charge on any atom is 0.306 e. The fourth-order valence-electron chi connectivity index (χ4n) is 3.56. The monoisotopic (exact) mass is 481 g/mol. The predicted molar refractivity (Wildman–Crippen MR) is 140 cm³/mol. The van der Waals surface area contributed by atoms with Crippen LogP contribution in [-0.4, -0.2) is 61.9 Å². The molecule has 6 heteroatoms. The largest absolute Gasteiger partial charge is 0.481 e. The molecule has 1 atom stereocenters. The summed E-state index contributed by atoms with van der Waals surface area (Å²) in [5, 5.41) is 8.68. The molecule has 6 nitrogen and oxygen atoms in total. The molecule has 0 heterocycles. The van der Waals surface area contributed by atoms with Gasteiger partial charge in [-0.15, -0.1) is 0 Å². The van der Waals surface area contributed by atoms with Gasteiger partial charge < -0.3 is 19.5 Å². The van der Waals surface area contributed by atoms with E-state index in [2.05, 4.69) is 31.2 Å². The number of carbonyl (C=O) groups is 2. The number of esters is 1. The fourth-order valence-corrected chi connectivity index (χ4v) is 3.56. The Kier molecular flexibility index (Phi) is 23.3. The standard InChI is InChI=1S/C28H51NO5/c1-4-5-6-7-8-9-10-11-12-13-14-15-16-17-18-19-23-33-24-22-26(25-29(2)3)34-28(32)21-20-27(30)31/h8-9,11-12,26H,4-7,10,13-25H2,1-3H3,(H,30,31). The van der Waals surface area contributed by atoms with E-state index in [0.717, 1.165) is 19.4 Å². The van der Waals surface area contributed by atoms with Crippen LogP contribution in [-0.2, 0) is 19.1 Å². The van der Waals surface area contributed by atoms with Gasteiger partial charge in [-0.2, -0.15) is 0 Å². The summed E-state index contributed by atoms with van der Waals surface area (Å²) in [5.41, 5.74) is 0. The van der Waals surface area contributed by atoms with Crippen molar-refractivity contribution < 1.29 is 24.2 Å². The Balaban J connectivity index is 3.60. The maximum atomic E-state index is 11.8. The number of likely N-dealkylation sites (N-methyl/N-ethyl adjacent to an activating group) is 1. The van der Waals surface area contributed by atoms with Crippen molar-refractivity contribution in [2.75, 3.05) is 33.9 Å². The van der Waals surface area contributed by atoms with E-state index in [0.29, 0.717) is 19.6 Å². The molecular formula is C28H51NO5. The summed E-state index contributed by atoms with van der Waals surface area (Å²) in [6, 6.07) is 0. The third kappa shape index (κ3) is 25.0. The second kappa shape index (κ2) is 24.5. The van der Waals surface area contributed by atoms with Gasteiger partial charge in [-0.25, -0.2) is 0 Å². The quantitative estimate of drug-likeness (QED) is 0.0957. The molecule has 0 aromatic heterocycles. The molecule has 0 radical (unpaired) electrons. The van der Waals surface area contributed by atoms with Gasteiger partial charge in [0.15, 0.2) is 0 Å². The fraction of sp³-hybridized carbons (Fsp3) is 0.786. The van der Waals surface area contributed by atoms with Gasteiger partial charge in [0.1, 0.15) is 6.10 Å². The van der Waals surface area contributed by atoms with Crippen LogP contribution in [0.25, 0.3) is 0 Å². The molecule has 0 aromatic rings. The smallest absolute Gasteiger partial charge is 0.306 e. The van der Waals surface area contributed by atoms with E-state index in [1.807, 2.05) is 19.0 Å². The molecule has 0 aromatic carbocycles. The highest BCUT2D eigenvalue weighted by molar-refractivity contribution is 5.76. The second-order valence-corrected chi connectivity index (χ2v) is 9.25. The van der Waals surface area contributed by atoms with Crippen molar-refractivity contribution in [3.8, 4) is 0 Å². The lowest BCUT2D eigenvalue weighted by Gasteiger charge is -2.21. The van der Waals surface area contributed by atoms with E-state index >= 15 is 0 Å². The minimum atomic E-state index is -0.988. The highest BCUT2D eigenvalue weighted by Crippen LogP contribution is 2.09. The lowest BCUT2D eigenvalue weighted by molar-refractivity contribution is -0.153. The number of carboxylic acid groups (broad SMARTS) is 1. The first kappa shape index (κ1) is 32.3. The Bertz CT molecular complexity index is 545.